The molecule has 3 nitrogen and oxygen atoms in total. The Kier molecular flexibility index (Phi) is 5.76. The van der Waals surface area contributed by atoms with E-state index in [1.54, 1.807) is 0 Å². The molecule has 0 aliphatic rings. The van der Waals surface area contributed by atoms with Gasteiger partial charge in [0.15, 0.2) is 0 Å². The summed E-state index contributed by atoms with van der Waals surface area (Å²) in [5.74, 6) is 0. The zero-order valence-corrected chi connectivity index (χ0v) is 12.2. The van der Waals surface area contributed by atoms with Gasteiger partial charge in [-0.1, -0.05) is 20.8 Å². The lowest BCUT2D eigenvalue weighted by molar-refractivity contribution is 0.256. The first-order chi connectivity index (χ1) is 8.39. The third kappa shape index (κ3) is 5.61. The fourth-order valence-corrected chi connectivity index (χ4v) is 1.77. The molecule has 1 heterocycles. The van der Waals surface area contributed by atoms with Crippen molar-refractivity contribution in [3.63, 3.8) is 0 Å². The minimum absolute atomic E-state index is 0.200. The van der Waals surface area contributed by atoms with Crippen LogP contribution in [-0.2, 0) is 6.42 Å². The van der Waals surface area contributed by atoms with Gasteiger partial charge in [-0.25, -0.2) is 0 Å². The Labute approximate surface area is 111 Å². The number of likely N-dealkylation sites (N-methyl/N-ethyl adjacent to an activating group) is 1. The van der Waals surface area contributed by atoms with Gasteiger partial charge < -0.3 is 10.6 Å². The molecule has 1 unspecified atom stereocenters. The molecule has 1 aromatic rings. The molecule has 1 rings (SSSR count). The van der Waals surface area contributed by atoms with Gasteiger partial charge in [0.1, 0.15) is 0 Å². The summed E-state index contributed by atoms with van der Waals surface area (Å²) in [6.45, 7) is 8.74. The van der Waals surface area contributed by atoms with Crippen molar-refractivity contribution in [2.45, 2.75) is 39.7 Å². The fraction of sp³-hybridized carbons (Fsp3) is 0.667. The first-order valence-corrected chi connectivity index (χ1v) is 6.72. The summed E-state index contributed by atoms with van der Waals surface area (Å²) in [5.41, 5.74) is 7.72. The molecule has 0 aliphatic carbocycles. The van der Waals surface area contributed by atoms with E-state index in [2.05, 4.69) is 49.8 Å². The highest BCUT2D eigenvalue weighted by Crippen LogP contribution is 2.19. The van der Waals surface area contributed by atoms with Crippen molar-refractivity contribution in [1.82, 2.24) is 9.88 Å². The first-order valence-electron chi connectivity index (χ1n) is 6.72. The Morgan fingerprint density at radius 2 is 1.83 bits per heavy atom. The number of nitrogens with zero attached hydrogens (tertiary/aromatic N) is 2. The van der Waals surface area contributed by atoms with Gasteiger partial charge in [-0.2, -0.15) is 0 Å². The highest BCUT2D eigenvalue weighted by molar-refractivity contribution is 5.09. The molecule has 0 amide bonds. The molecule has 0 aromatic carbocycles. The largest absolute Gasteiger partial charge is 0.327 e. The van der Waals surface area contributed by atoms with Gasteiger partial charge >= 0.3 is 0 Å². The van der Waals surface area contributed by atoms with Crippen LogP contribution in [0.25, 0.3) is 0 Å². The molecule has 0 spiro atoms. The van der Waals surface area contributed by atoms with Crippen molar-refractivity contribution in [1.29, 1.82) is 0 Å². The van der Waals surface area contributed by atoms with Crippen molar-refractivity contribution < 1.29 is 0 Å². The maximum absolute atomic E-state index is 6.17. The van der Waals surface area contributed by atoms with Gasteiger partial charge in [0.25, 0.3) is 0 Å². The third-order valence-corrected chi connectivity index (χ3v) is 3.47. The van der Waals surface area contributed by atoms with Crippen LogP contribution in [0.3, 0.4) is 0 Å². The molecule has 1 atom stereocenters. The highest BCUT2D eigenvalue weighted by atomic mass is 15.1. The normalized spacial score (nSPS) is 13.9. The second kappa shape index (κ2) is 6.86. The summed E-state index contributed by atoms with van der Waals surface area (Å²) < 4.78 is 0. The SMILES string of the molecule is CN(CCc1ccncc1)CCC(N)C(C)(C)C. The second-order valence-corrected chi connectivity index (χ2v) is 6.17. The summed E-state index contributed by atoms with van der Waals surface area (Å²) in [4.78, 5) is 6.38. The van der Waals surface area contributed by atoms with Crippen LogP contribution < -0.4 is 5.73 Å². The Bertz CT molecular complexity index is 329. The molecule has 0 radical (unpaired) electrons. The van der Waals surface area contributed by atoms with Gasteiger partial charge in [-0.15, -0.1) is 0 Å². The van der Waals surface area contributed by atoms with Crippen LogP contribution in [-0.4, -0.2) is 36.1 Å². The van der Waals surface area contributed by atoms with E-state index in [4.69, 9.17) is 5.73 Å². The number of nitrogens with two attached hydrogens (primary N) is 1. The first kappa shape index (κ1) is 15.1. The van der Waals surface area contributed by atoms with Crippen LogP contribution in [0.5, 0.6) is 0 Å². The van der Waals surface area contributed by atoms with Crippen molar-refractivity contribution in [2.75, 3.05) is 20.1 Å². The summed E-state index contributed by atoms with van der Waals surface area (Å²) >= 11 is 0. The topological polar surface area (TPSA) is 42.2 Å². The highest BCUT2D eigenvalue weighted by Gasteiger charge is 2.20. The Balaban J connectivity index is 2.24. The van der Waals surface area contributed by atoms with Crippen molar-refractivity contribution in [3.8, 4) is 0 Å². The number of aromatic nitrogens is 1. The van der Waals surface area contributed by atoms with Crippen LogP contribution in [0.1, 0.15) is 32.8 Å². The molecule has 18 heavy (non-hydrogen) atoms. The van der Waals surface area contributed by atoms with Crippen molar-refractivity contribution in [2.24, 2.45) is 11.1 Å². The summed E-state index contributed by atoms with van der Waals surface area (Å²) in [5, 5.41) is 0. The van der Waals surface area contributed by atoms with Gasteiger partial charge in [0.05, 0.1) is 0 Å². The summed E-state index contributed by atoms with van der Waals surface area (Å²) in [7, 11) is 2.16. The second-order valence-electron chi connectivity index (χ2n) is 6.17. The van der Waals surface area contributed by atoms with Gasteiger partial charge in [-0.3, -0.25) is 4.98 Å². The smallest absolute Gasteiger partial charge is 0.0270 e. The summed E-state index contributed by atoms with van der Waals surface area (Å²) in [6.07, 6.45) is 5.83. The van der Waals surface area contributed by atoms with E-state index in [9.17, 15) is 0 Å². The maximum atomic E-state index is 6.17. The summed E-state index contributed by atoms with van der Waals surface area (Å²) in [6, 6.07) is 4.42. The van der Waals surface area contributed by atoms with Crippen LogP contribution in [0.4, 0.5) is 0 Å². The molecular formula is C15H27N3. The van der Waals surface area contributed by atoms with E-state index in [0.717, 1.165) is 25.9 Å². The number of hydrogen-bond donors (Lipinski definition) is 1. The lowest BCUT2D eigenvalue weighted by Crippen LogP contribution is -2.38. The molecule has 0 saturated carbocycles. The average molecular weight is 249 g/mol. The zero-order chi connectivity index (χ0) is 13.6. The molecule has 0 fully saturated rings. The predicted molar refractivity (Wildman–Crippen MR) is 77.5 cm³/mol. The number of rotatable bonds is 6. The molecule has 0 aliphatic heterocycles. The Hall–Kier alpha value is -0.930. The van der Waals surface area contributed by atoms with E-state index < -0.39 is 0 Å². The van der Waals surface area contributed by atoms with Crippen LogP contribution in [0, 0.1) is 5.41 Å². The lowest BCUT2D eigenvalue weighted by Gasteiger charge is -2.28. The molecule has 2 N–H and O–H groups in total. The Morgan fingerprint density at radius 1 is 1.22 bits per heavy atom. The van der Waals surface area contributed by atoms with Gasteiger partial charge in [-0.05, 0) is 49.5 Å². The maximum Gasteiger partial charge on any atom is 0.0270 e. The van der Waals surface area contributed by atoms with Crippen LogP contribution in [0.2, 0.25) is 0 Å². The standard InChI is InChI=1S/C15H27N3/c1-15(2,3)14(16)8-12-18(4)11-7-13-5-9-17-10-6-13/h5-6,9-10,14H,7-8,11-12,16H2,1-4H3. The van der Waals surface area contributed by atoms with E-state index in [1.807, 2.05) is 12.4 Å². The molecule has 102 valence electrons. The monoisotopic (exact) mass is 249 g/mol. The third-order valence-electron chi connectivity index (χ3n) is 3.47. The predicted octanol–water partition coefficient (Wildman–Crippen LogP) is 2.32. The average Bonchev–Trinajstić information content (AvgIpc) is 2.33. The number of pyridine rings is 1. The fourth-order valence-electron chi connectivity index (χ4n) is 1.77. The minimum Gasteiger partial charge on any atom is -0.327 e. The lowest BCUT2D eigenvalue weighted by atomic mass is 9.85. The Morgan fingerprint density at radius 3 is 2.39 bits per heavy atom. The van der Waals surface area contributed by atoms with Crippen LogP contribution in [0.15, 0.2) is 24.5 Å². The number of hydrogen-bond acceptors (Lipinski definition) is 3. The quantitative estimate of drug-likeness (QED) is 0.841. The molecule has 3 heteroatoms. The van der Waals surface area contributed by atoms with E-state index in [-0.39, 0.29) is 11.5 Å². The van der Waals surface area contributed by atoms with Gasteiger partial charge in [0, 0.05) is 25.0 Å². The van der Waals surface area contributed by atoms with Gasteiger partial charge in [0.2, 0.25) is 0 Å². The van der Waals surface area contributed by atoms with E-state index in [1.165, 1.54) is 5.56 Å². The van der Waals surface area contributed by atoms with Crippen molar-refractivity contribution in [3.05, 3.63) is 30.1 Å². The zero-order valence-electron chi connectivity index (χ0n) is 12.2. The molecule has 0 bridgehead atoms. The van der Waals surface area contributed by atoms with E-state index in [0.29, 0.717) is 0 Å². The molecular weight excluding hydrogens is 222 g/mol. The minimum atomic E-state index is 0.200. The van der Waals surface area contributed by atoms with Crippen LogP contribution >= 0.6 is 0 Å². The van der Waals surface area contributed by atoms with E-state index >= 15 is 0 Å². The molecule has 1 aromatic heterocycles. The molecule has 0 saturated heterocycles. The van der Waals surface area contributed by atoms with Crippen molar-refractivity contribution >= 4 is 0 Å².